The molecule has 0 unspecified atom stereocenters. The van der Waals surface area contributed by atoms with Crippen molar-refractivity contribution in [3.8, 4) is 0 Å². The molecule has 7 heteroatoms. The van der Waals surface area contributed by atoms with Crippen LogP contribution in [0.5, 0.6) is 0 Å². The molecule has 0 bridgehead atoms. The number of hydrazone groups is 1. The summed E-state index contributed by atoms with van der Waals surface area (Å²) in [7, 11) is 0. The fourth-order valence-electron chi connectivity index (χ4n) is 1.53. The Labute approximate surface area is 125 Å². The van der Waals surface area contributed by atoms with Crippen molar-refractivity contribution in [2.24, 2.45) is 21.0 Å². The maximum Gasteiger partial charge on any atom is 0.234 e. The van der Waals surface area contributed by atoms with Gasteiger partial charge in [-0.1, -0.05) is 24.3 Å². The van der Waals surface area contributed by atoms with Crippen LogP contribution < -0.4 is 11.2 Å². The minimum atomic E-state index is -0.362. The summed E-state index contributed by atoms with van der Waals surface area (Å²) in [5.41, 5.74) is 9.09. The van der Waals surface area contributed by atoms with Gasteiger partial charge in [0.2, 0.25) is 5.96 Å². The first-order valence-corrected chi connectivity index (χ1v) is 6.30. The van der Waals surface area contributed by atoms with Crippen LogP contribution in [0, 0.1) is 11.6 Å². The first-order valence-electron chi connectivity index (χ1n) is 6.30. The lowest BCUT2D eigenvalue weighted by Gasteiger charge is -1.96. The van der Waals surface area contributed by atoms with E-state index in [1.807, 2.05) is 0 Å². The second kappa shape index (κ2) is 7.63. The van der Waals surface area contributed by atoms with Gasteiger partial charge in [0.05, 0.1) is 12.4 Å². The number of guanidine groups is 1. The van der Waals surface area contributed by atoms with Crippen LogP contribution in [0.4, 0.5) is 8.78 Å². The molecule has 3 N–H and O–H groups in total. The number of nitrogens with zero attached hydrogens (tertiary/aromatic N) is 3. The normalized spacial score (nSPS) is 12.2. The summed E-state index contributed by atoms with van der Waals surface area (Å²) >= 11 is 0. The number of hydrogen-bond donors (Lipinski definition) is 2. The number of benzene rings is 2. The first-order chi connectivity index (χ1) is 10.6. The lowest BCUT2D eigenvalue weighted by Crippen LogP contribution is -2.26. The average molecular weight is 301 g/mol. The molecule has 0 amide bonds. The van der Waals surface area contributed by atoms with Crippen LogP contribution in [0.3, 0.4) is 0 Å². The highest BCUT2D eigenvalue weighted by Gasteiger charge is 1.92. The van der Waals surface area contributed by atoms with Crippen molar-refractivity contribution < 1.29 is 8.78 Å². The molecule has 0 saturated carbocycles. The first kappa shape index (κ1) is 15.3. The van der Waals surface area contributed by atoms with Crippen LogP contribution in [0.2, 0.25) is 0 Å². The van der Waals surface area contributed by atoms with E-state index in [1.165, 1.54) is 36.7 Å². The van der Waals surface area contributed by atoms with E-state index in [-0.39, 0.29) is 17.6 Å². The van der Waals surface area contributed by atoms with Crippen molar-refractivity contribution >= 4 is 18.4 Å². The SMILES string of the molecule is N/C(=N\N=C\c1cccc(F)c1)N/N=C/c1cccc(F)c1. The summed E-state index contributed by atoms with van der Waals surface area (Å²) in [6.45, 7) is 0. The molecule has 0 aliphatic rings. The molecule has 2 aromatic carbocycles. The zero-order chi connectivity index (χ0) is 15.8. The number of hydrogen-bond acceptors (Lipinski definition) is 3. The predicted molar refractivity (Wildman–Crippen MR) is 82.7 cm³/mol. The Kier molecular flexibility index (Phi) is 5.31. The maximum atomic E-state index is 12.9. The van der Waals surface area contributed by atoms with E-state index in [2.05, 4.69) is 20.7 Å². The highest BCUT2D eigenvalue weighted by molar-refractivity contribution is 5.84. The van der Waals surface area contributed by atoms with Crippen molar-refractivity contribution in [1.82, 2.24) is 5.43 Å². The minimum Gasteiger partial charge on any atom is -0.367 e. The Morgan fingerprint density at radius 1 is 0.955 bits per heavy atom. The highest BCUT2D eigenvalue weighted by Crippen LogP contribution is 2.01. The maximum absolute atomic E-state index is 12.9. The van der Waals surface area contributed by atoms with Gasteiger partial charge in [0.1, 0.15) is 11.6 Å². The van der Waals surface area contributed by atoms with Gasteiger partial charge in [-0.3, -0.25) is 0 Å². The van der Waals surface area contributed by atoms with Gasteiger partial charge in [0, 0.05) is 0 Å². The Hall–Kier alpha value is -3.09. The fraction of sp³-hybridized carbons (Fsp3) is 0. The standard InChI is InChI=1S/C15H13F2N5/c16-13-5-1-3-11(7-13)9-19-21-15(18)22-20-10-12-4-2-6-14(17)8-12/h1-10H,(H3,18,21,22)/b19-9+,20-10+. The zero-order valence-electron chi connectivity index (χ0n) is 11.4. The molecule has 112 valence electrons. The molecule has 0 radical (unpaired) electrons. The van der Waals surface area contributed by atoms with Crippen LogP contribution in [0.1, 0.15) is 11.1 Å². The van der Waals surface area contributed by atoms with Gasteiger partial charge in [-0.05, 0) is 35.4 Å². The molecule has 0 aliphatic carbocycles. The molecular weight excluding hydrogens is 288 g/mol. The monoisotopic (exact) mass is 301 g/mol. The average Bonchev–Trinajstić information content (AvgIpc) is 2.47. The Bertz CT molecular complexity index is 725. The van der Waals surface area contributed by atoms with E-state index >= 15 is 0 Å². The molecule has 0 atom stereocenters. The Balaban J connectivity index is 1.90. The third-order valence-electron chi connectivity index (χ3n) is 2.46. The van der Waals surface area contributed by atoms with Crippen molar-refractivity contribution in [3.05, 3.63) is 71.3 Å². The molecule has 2 rings (SSSR count). The highest BCUT2D eigenvalue weighted by atomic mass is 19.1. The molecule has 0 fully saturated rings. The topological polar surface area (TPSA) is 75.1 Å². The van der Waals surface area contributed by atoms with E-state index in [4.69, 9.17) is 5.73 Å². The van der Waals surface area contributed by atoms with Crippen LogP contribution in [-0.2, 0) is 0 Å². The van der Waals surface area contributed by atoms with E-state index in [0.29, 0.717) is 11.1 Å². The van der Waals surface area contributed by atoms with E-state index < -0.39 is 0 Å². The van der Waals surface area contributed by atoms with Crippen LogP contribution in [0.15, 0.2) is 63.8 Å². The third kappa shape index (κ3) is 5.12. The number of halogens is 2. The second-order valence-electron chi connectivity index (χ2n) is 4.21. The molecule has 22 heavy (non-hydrogen) atoms. The largest absolute Gasteiger partial charge is 0.367 e. The zero-order valence-corrected chi connectivity index (χ0v) is 11.4. The van der Waals surface area contributed by atoms with Crippen LogP contribution >= 0.6 is 0 Å². The summed E-state index contributed by atoms with van der Waals surface area (Å²) in [4.78, 5) is 0. The van der Waals surface area contributed by atoms with Gasteiger partial charge in [-0.25, -0.2) is 14.2 Å². The lowest BCUT2D eigenvalue weighted by atomic mass is 10.2. The smallest absolute Gasteiger partial charge is 0.234 e. The predicted octanol–water partition coefficient (Wildman–Crippen LogP) is 2.24. The minimum absolute atomic E-state index is 0.0553. The summed E-state index contributed by atoms with van der Waals surface area (Å²) in [5, 5.41) is 11.1. The van der Waals surface area contributed by atoms with Crippen molar-refractivity contribution in [2.45, 2.75) is 0 Å². The van der Waals surface area contributed by atoms with Gasteiger partial charge in [-0.15, -0.1) is 5.10 Å². The molecule has 2 aromatic rings. The van der Waals surface area contributed by atoms with Gasteiger partial charge in [0.15, 0.2) is 0 Å². The quantitative estimate of drug-likeness (QED) is 0.516. The number of rotatable bonds is 4. The lowest BCUT2D eigenvalue weighted by molar-refractivity contribution is 0.627. The summed E-state index contributed by atoms with van der Waals surface area (Å²) in [6.07, 6.45) is 2.75. The second-order valence-corrected chi connectivity index (χ2v) is 4.21. The molecular formula is C15H13F2N5. The molecule has 0 spiro atoms. The van der Waals surface area contributed by atoms with Crippen molar-refractivity contribution in [1.29, 1.82) is 0 Å². The Morgan fingerprint density at radius 2 is 1.55 bits per heavy atom. The molecule has 0 saturated heterocycles. The number of nitrogens with two attached hydrogens (primary N) is 1. The summed E-state index contributed by atoms with van der Waals surface area (Å²) in [6, 6.07) is 11.8. The van der Waals surface area contributed by atoms with Crippen LogP contribution in [-0.4, -0.2) is 18.4 Å². The molecule has 5 nitrogen and oxygen atoms in total. The summed E-state index contributed by atoms with van der Waals surface area (Å²) in [5.74, 6) is -0.774. The third-order valence-corrected chi connectivity index (χ3v) is 2.46. The molecule has 0 aromatic heterocycles. The van der Waals surface area contributed by atoms with E-state index in [9.17, 15) is 8.78 Å². The van der Waals surface area contributed by atoms with E-state index in [1.54, 1.807) is 24.3 Å². The van der Waals surface area contributed by atoms with Gasteiger partial charge in [0.25, 0.3) is 0 Å². The van der Waals surface area contributed by atoms with Crippen molar-refractivity contribution in [3.63, 3.8) is 0 Å². The molecule has 0 aliphatic heterocycles. The van der Waals surface area contributed by atoms with Gasteiger partial charge in [-0.2, -0.15) is 10.2 Å². The van der Waals surface area contributed by atoms with Crippen molar-refractivity contribution in [2.75, 3.05) is 0 Å². The summed E-state index contributed by atoms with van der Waals surface area (Å²) < 4.78 is 25.9. The fourth-order valence-corrected chi connectivity index (χ4v) is 1.53. The van der Waals surface area contributed by atoms with Crippen LogP contribution in [0.25, 0.3) is 0 Å². The Morgan fingerprint density at radius 3 is 2.14 bits per heavy atom. The van der Waals surface area contributed by atoms with Gasteiger partial charge < -0.3 is 5.73 Å². The van der Waals surface area contributed by atoms with E-state index in [0.717, 1.165) is 0 Å². The molecule has 0 heterocycles. The number of nitrogens with one attached hydrogen (secondary N) is 1. The van der Waals surface area contributed by atoms with Gasteiger partial charge >= 0.3 is 0 Å².